The third kappa shape index (κ3) is 1.14. The van der Waals surface area contributed by atoms with Crippen LogP contribution >= 0.6 is 0 Å². The molecule has 0 saturated heterocycles. The first kappa shape index (κ1) is 6.76. The van der Waals surface area contributed by atoms with Gasteiger partial charge >= 0.3 is 5.97 Å². The second-order valence-corrected chi connectivity index (χ2v) is 1.65. The summed E-state index contributed by atoms with van der Waals surface area (Å²) in [5.74, 6) is -1.34. The lowest BCUT2D eigenvalue weighted by molar-refractivity contribution is -0.147. The maximum absolute atomic E-state index is 10.1. The van der Waals surface area contributed by atoms with Crippen molar-refractivity contribution in [3.63, 3.8) is 0 Å². The van der Waals surface area contributed by atoms with Crippen LogP contribution in [0.25, 0.3) is 0 Å². The minimum Gasteiger partial charge on any atom is -0.479 e. The Balaban J connectivity index is 2.77. The summed E-state index contributed by atoms with van der Waals surface area (Å²) in [6.07, 6.45) is 0.555. The van der Waals surface area contributed by atoms with Crippen LogP contribution < -0.4 is 0 Å². The van der Waals surface area contributed by atoms with E-state index < -0.39 is 12.1 Å². The molecular formula is C5H5NO4. The van der Waals surface area contributed by atoms with Crippen molar-refractivity contribution in [2.75, 3.05) is 0 Å². The number of aliphatic carboxylic acids is 1. The Labute approximate surface area is 55.9 Å². The number of carboxylic acid groups (broad SMARTS) is 1. The molecule has 0 aromatic carbocycles. The fourth-order valence-corrected chi connectivity index (χ4v) is 0.483. The van der Waals surface area contributed by atoms with Gasteiger partial charge in [0.05, 0.1) is 0 Å². The Morgan fingerprint density at radius 2 is 2.50 bits per heavy atom. The molecule has 54 valence electrons. The molecule has 1 aromatic heterocycles. The van der Waals surface area contributed by atoms with Gasteiger partial charge in [0, 0.05) is 0 Å². The summed E-state index contributed by atoms with van der Waals surface area (Å²) in [5, 5.41) is 17.0. The zero-order valence-corrected chi connectivity index (χ0v) is 4.89. The highest BCUT2D eigenvalue weighted by atomic mass is 16.4. The highest BCUT2D eigenvalue weighted by Crippen LogP contribution is 2.08. The minimum atomic E-state index is -1.58. The molecule has 5 heteroatoms. The van der Waals surface area contributed by atoms with Crippen LogP contribution in [0.1, 0.15) is 11.8 Å². The van der Waals surface area contributed by atoms with Gasteiger partial charge < -0.3 is 14.6 Å². The maximum Gasteiger partial charge on any atom is 0.338 e. The Kier molecular flexibility index (Phi) is 1.68. The summed E-state index contributed by atoms with van der Waals surface area (Å²) in [7, 11) is 0. The smallest absolute Gasteiger partial charge is 0.338 e. The molecule has 0 spiro atoms. The molecule has 0 radical (unpaired) electrons. The van der Waals surface area contributed by atoms with Crippen LogP contribution in [0.15, 0.2) is 17.1 Å². The number of oxazole rings is 1. The van der Waals surface area contributed by atoms with Crippen molar-refractivity contribution in [3.05, 3.63) is 18.4 Å². The first-order valence-corrected chi connectivity index (χ1v) is 2.51. The molecule has 2 N–H and O–H groups in total. The standard InChI is InChI=1S/C5H5NO4/c7-4(5(8)9)3-1-10-2-6-3/h1-2,4,7H,(H,8,9). The molecule has 1 rings (SSSR count). The summed E-state index contributed by atoms with van der Waals surface area (Å²) in [6, 6.07) is 0. The van der Waals surface area contributed by atoms with E-state index >= 15 is 0 Å². The zero-order valence-electron chi connectivity index (χ0n) is 4.89. The van der Waals surface area contributed by atoms with Crippen LogP contribution in [0.2, 0.25) is 0 Å². The van der Waals surface area contributed by atoms with Gasteiger partial charge in [-0.25, -0.2) is 9.78 Å². The van der Waals surface area contributed by atoms with Gasteiger partial charge in [-0.2, -0.15) is 0 Å². The minimum absolute atomic E-state index is 0.00694. The molecule has 0 saturated carbocycles. The molecule has 1 unspecified atom stereocenters. The molecule has 0 bridgehead atoms. The van der Waals surface area contributed by atoms with E-state index in [-0.39, 0.29) is 5.69 Å². The number of aliphatic hydroxyl groups is 1. The molecule has 0 fully saturated rings. The van der Waals surface area contributed by atoms with Crippen molar-refractivity contribution in [3.8, 4) is 0 Å². The van der Waals surface area contributed by atoms with Crippen molar-refractivity contribution >= 4 is 5.97 Å². The van der Waals surface area contributed by atoms with Crippen molar-refractivity contribution in [2.45, 2.75) is 6.10 Å². The van der Waals surface area contributed by atoms with E-state index in [2.05, 4.69) is 9.40 Å². The fourth-order valence-electron chi connectivity index (χ4n) is 0.483. The summed E-state index contributed by atoms with van der Waals surface area (Å²) < 4.78 is 4.45. The molecule has 0 aliphatic carbocycles. The molecule has 1 heterocycles. The van der Waals surface area contributed by atoms with Crippen molar-refractivity contribution in [1.29, 1.82) is 0 Å². The number of carbonyl (C=O) groups is 1. The normalized spacial score (nSPS) is 12.9. The third-order valence-corrected chi connectivity index (χ3v) is 0.965. The van der Waals surface area contributed by atoms with E-state index in [9.17, 15) is 4.79 Å². The predicted octanol–water partition coefficient (Wildman–Crippen LogP) is -0.207. The number of nitrogens with zero attached hydrogens (tertiary/aromatic N) is 1. The lowest BCUT2D eigenvalue weighted by Gasteiger charge is -1.96. The van der Waals surface area contributed by atoms with E-state index in [1.165, 1.54) is 0 Å². The SMILES string of the molecule is O=C(O)C(O)c1cocn1. The Hall–Kier alpha value is -1.36. The lowest BCUT2D eigenvalue weighted by Crippen LogP contribution is -2.10. The van der Waals surface area contributed by atoms with Gasteiger partial charge in [-0.3, -0.25) is 0 Å². The van der Waals surface area contributed by atoms with Gasteiger partial charge in [0.1, 0.15) is 12.0 Å². The molecule has 1 aromatic rings. The first-order valence-electron chi connectivity index (χ1n) is 2.51. The van der Waals surface area contributed by atoms with Crippen molar-refractivity contribution in [2.24, 2.45) is 0 Å². The number of hydrogen-bond donors (Lipinski definition) is 2. The number of rotatable bonds is 2. The Morgan fingerprint density at radius 1 is 1.80 bits per heavy atom. The molecule has 0 aliphatic heterocycles. The average molecular weight is 143 g/mol. The maximum atomic E-state index is 10.1. The summed E-state index contributed by atoms with van der Waals surface area (Å²) in [6.45, 7) is 0. The van der Waals surface area contributed by atoms with E-state index in [1.807, 2.05) is 0 Å². The van der Waals surface area contributed by atoms with Gasteiger partial charge in [-0.15, -0.1) is 0 Å². The van der Waals surface area contributed by atoms with E-state index in [4.69, 9.17) is 10.2 Å². The Morgan fingerprint density at radius 3 is 2.90 bits per heavy atom. The van der Waals surface area contributed by atoms with E-state index in [0.29, 0.717) is 0 Å². The summed E-state index contributed by atoms with van der Waals surface area (Å²) in [5.41, 5.74) is 0.00694. The topological polar surface area (TPSA) is 83.6 Å². The van der Waals surface area contributed by atoms with Gasteiger partial charge in [0.25, 0.3) is 0 Å². The van der Waals surface area contributed by atoms with Gasteiger partial charge in [-0.1, -0.05) is 0 Å². The summed E-state index contributed by atoms with van der Waals surface area (Å²) >= 11 is 0. The first-order chi connectivity index (χ1) is 4.72. The van der Waals surface area contributed by atoms with Gasteiger partial charge in [0.15, 0.2) is 12.5 Å². The number of hydrogen-bond acceptors (Lipinski definition) is 4. The number of aromatic nitrogens is 1. The molecule has 10 heavy (non-hydrogen) atoms. The van der Waals surface area contributed by atoms with Crippen molar-refractivity contribution in [1.82, 2.24) is 4.98 Å². The van der Waals surface area contributed by atoms with Crippen LogP contribution in [-0.4, -0.2) is 21.2 Å². The predicted molar refractivity (Wildman–Crippen MR) is 29.1 cm³/mol. The number of carboxylic acids is 1. The zero-order chi connectivity index (χ0) is 7.56. The molecular weight excluding hydrogens is 138 g/mol. The fraction of sp³-hybridized carbons (Fsp3) is 0.200. The van der Waals surface area contributed by atoms with E-state index in [1.54, 1.807) is 0 Å². The van der Waals surface area contributed by atoms with Crippen LogP contribution in [0.5, 0.6) is 0 Å². The average Bonchev–Trinajstić information content (AvgIpc) is 2.36. The van der Waals surface area contributed by atoms with Gasteiger partial charge in [0.2, 0.25) is 0 Å². The monoisotopic (exact) mass is 143 g/mol. The molecule has 1 atom stereocenters. The van der Waals surface area contributed by atoms with Crippen LogP contribution in [0, 0.1) is 0 Å². The van der Waals surface area contributed by atoms with Crippen molar-refractivity contribution < 1.29 is 19.4 Å². The second kappa shape index (κ2) is 2.49. The van der Waals surface area contributed by atoms with Crippen LogP contribution in [0.3, 0.4) is 0 Å². The quantitative estimate of drug-likeness (QED) is 0.598. The van der Waals surface area contributed by atoms with Crippen LogP contribution in [0.4, 0.5) is 0 Å². The van der Waals surface area contributed by atoms with Gasteiger partial charge in [-0.05, 0) is 0 Å². The molecule has 0 amide bonds. The largest absolute Gasteiger partial charge is 0.479 e. The van der Waals surface area contributed by atoms with Crippen LogP contribution in [-0.2, 0) is 4.79 Å². The highest BCUT2D eigenvalue weighted by Gasteiger charge is 2.17. The molecule has 5 nitrogen and oxygen atoms in total. The highest BCUT2D eigenvalue weighted by molar-refractivity contribution is 5.73. The third-order valence-electron chi connectivity index (χ3n) is 0.965. The molecule has 0 aliphatic rings. The summed E-state index contributed by atoms with van der Waals surface area (Å²) in [4.78, 5) is 13.5. The lowest BCUT2D eigenvalue weighted by atomic mass is 10.3. The number of aliphatic hydroxyl groups excluding tert-OH is 1. The van der Waals surface area contributed by atoms with E-state index in [0.717, 1.165) is 12.7 Å². The second-order valence-electron chi connectivity index (χ2n) is 1.65. The Bertz CT molecular complexity index is 218.